The maximum Gasteiger partial charge on any atom is 0.404 e. The van der Waals surface area contributed by atoms with Crippen molar-refractivity contribution in [2.45, 2.75) is 257 Å². The molecule has 5 atom stereocenters. The molecular weight excluding hydrogens is 699 g/mol. The lowest BCUT2D eigenvalue weighted by Crippen LogP contribution is -2.41. The number of rotatable bonds is 36. The minimum Gasteiger partial charge on any atom is -0.450 e. The quantitative estimate of drug-likeness (QED) is 0.0386. The van der Waals surface area contributed by atoms with Gasteiger partial charge in [-0.1, -0.05) is 133 Å². The van der Waals surface area contributed by atoms with Gasteiger partial charge in [0.05, 0.1) is 18.8 Å². The molecule has 52 heavy (non-hydrogen) atoms. The molecule has 1 saturated heterocycles. The topological polar surface area (TPSA) is 92.5 Å². The van der Waals surface area contributed by atoms with Crippen LogP contribution in [-0.4, -0.2) is 68.2 Å². The Morgan fingerprint density at radius 2 is 0.827 bits per heavy atom. The summed E-state index contributed by atoms with van der Waals surface area (Å²) >= 11 is 0. The molecule has 0 radical (unpaired) electrons. The fourth-order valence-corrected chi connectivity index (χ4v) is 17.2. The fraction of sp³-hybridized carbons (Fsp3) is 0.976. The zero-order valence-corrected chi connectivity index (χ0v) is 39.3. The van der Waals surface area contributed by atoms with Crippen LogP contribution in [0.2, 0.25) is 54.4 Å². The second-order valence-corrected chi connectivity index (χ2v) is 30.3. The summed E-state index contributed by atoms with van der Waals surface area (Å²) in [5.41, 5.74) is 5.20. The first-order chi connectivity index (χ1) is 25.0. The Balaban J connectivity index is 2.43. The molecular formula is C42H89NO6Si3. The normalized spacial score (nSPS) is 18.3. The van der Waals surface area contributed by atoms with E-state index >= 15 is 0 Å². The van der Waals surface area contributed by atoms with Crippen molar-refractivity contribution >= 4 is 31.0 Å². The molecule has 1 heterocycles. The molecule has 1 aliphatic heterocycles. The Labute approximate surface area is 326 Å². The van der Waals surface area contributed by atoms with E-state index in [2.05, 4.69) is 69.2 Å². The maximum atomic E-state index is 11.1. The van der Waals surface area contributed by atoms with Crippen LogP contribution in [-0.2, 0) is 22.8 Å². The zero-order chi connectivity index (χ0) is 38.9. The lowest BCUT2D eigenvalue weighted by Gasteiger charge is -2.33. The summed E-state index contributed by atoms with van der Waals surface area (Å²) in [6.45, 7) is 23.5. The van der Waals surface area contributed by atoms with Crippen molar-refractivity contribution in [3.05, 3.63) is 0 Å². The average Bonchev–Trinajstić information content (AvgIpc) is 3.90. The molecule has 310 valence electrons. The van der Waals surface area contributed by atoms with Gasteiger partial charge in [-0.3, -0.25) is 0 Å². The van der Waals surface area contributed by atoms with Crippen LogP contribution in [0.1, 0.15) is 172 Å². The number of hydrogen-bond acceptors (Lipinski definition) is 6. The number of primary amides is 1. The summed E-state index contributed by atoms with van der Waals surface area (Å²) in [5.74, 6) is 0. The predicted molar refractivity (Wildman–Crippen MR) is 230 cm³/mol. The van der Waals surface area contributed by atoms with Crippen LogP contribution in [0.25, 0.3) is 0 Å². The van der Waals surface area contributed by atoms with Crippen molar-refractivity contribution in [2.75, 3.05) is 6.61 Å². The van der Waals surface area contributed by atoms with E-state index in [1.165, 1.54) is 107 Å². The van der Waals surface area contributed by atoms with Gasteiger partial charge in [0.25, 0.3) is 0 Å². The van der Waals surface area contributed by atoms with Crippen molar-refractivity contribution in [1.29, 1.82) is 0 Å². The van der Waals surface area contributed by atoms with E-state index in [4.69, 9.17) is 28.5 Å². The molecule has 1 rings (SSSR count). The van der Waals surface area contributed by atoms with Crippen LogP contribution in [0.5, 0.6) is 0 Å². The van der Waals surface area contributed by atoms with Crippen molar-refractivity contribution in [1.82, 2.24) is 0 Å². The van der Waals surface area contributed by atoms with Crippen molar-refractivity contribution in [3.63, 3.8) is 0 Å². The summed E-state index contributed by atoms with van der Waals surface area (Å²) < 4.78 is 32.2. The zero-order valence-electron chi connectivity index (χ0n) is 36.3. The number of carbonyl (C=O) groups excluding carboxylic acids is 1. The summed E-state index contributed by atoms with van der Waals surface area (Å²) in [6, 6.07) is 10.7. The Hall–Kier alpha value is -0.239. The molecule has 0 bridgehead atoms. The lowest BCUT2D eigenvalue weighted by molar-refractivity contribution is 0.111. The molecule has 0 aromatic carbocycles. The van der Waals surface area contributed by atoms with Crippen LogP contribution in [0.4, 0.5) is 4.79 Å². The number of amides is 1. The minimum absolute atomic E-state index is 0.181. The van der Waals surface area contributed by atoms with Crippen LogP contribution < -0.4 is 5.73 Å². The molecule has 5 unspecified atom stereocenters. The highest BCUT2D eigenvalue weighted by Crippen LogP contribution is 2.37. The van der Waals surface area contributed by atoms with Crippen LogP contribution in [0.3, 0.4) is 0 Å². The number of epoxide rings is 1. The van der Waals surface area contributed by atoms with E-state index in [9.17, 15) is 4.79 Å². The largest absolute Gasteiger partial charge is 0.450 e. The molecule has 1 aliphatic rings. The minimum atomic E-state index is -1.69. The van der Waals surface area contributed by atoms with Gasteiger partial charge >= 0.3 is 6.09 Å². The SMILES string of the molecule is CCC(CC1OC1CC(CCCCCCCCCCCCC(CCOC(N)=O)O[Si](CC)(CC)CC)O[Si](CC)(CC)CC)O[Si](CC)(CC)CC. The summed E-state index contributed by atoms with van der Waals surface area (Å²) in [4.78, 5) is 11.1. The van der Waals surface area contributed by atoms with Crippen molar-refractivity contribution in [2.24, 2.45) is 5.73 Å². The molecule has 0 aromatic heterocycles. The third-order valence-corrected chi connectivity index (χ3v) is 27.3. The van der Waals surface area contributed by atoms with Crippen molar-refractivity contribution in [3.8, 4) is 0 Å². The molecule has 0 aliphatic carbocycles. The smallest absolute Gasteiger partial charge is 0.404 e. The predicted octanol–water partition coefficient (Wildman–Crippen LogP) is 13.3. The molecule has 0 aromatic rings. The van der Waals surface area contributed by atoms with Gasteiger partial charge in [0, 0.05) is 37.6 Å². The van der Waals surface area contributed by atoms with E-state index in [1.54, 1.807) is 0 Å². The highest BCUT2D eigenvalue weighted by molar-refractivity contribution is 6.74. The van der Waals surface area contributed by atoms with Crippen LogP contribution in [0.15, 0.2) is 0 Å². The third-order valence-electron chi connectivity index (χ3n) is 13.2. The second-order valence-electron chi connectivity index (χ2n) is 16.1. The summed E-state index contributed by atoms with van der Waals surface area (Å²) in [7, 11) is -4.95. The summed E-state index contributed by atoms with van der Waals surface area (Å²) in [5, 5.41) is 0. The first-order valence-corrected chi connectivity index (χ1v) is 30.2. The second kappa shape index (κ2) is 28.2. The molecule has 0 saturated carbocycles. The van der Waals surface area contributed by atoms with Gasteiger partial charge in [-0.05, 0) is 73.7 Å². The molecule has 10 heteroatoms. The number of ether oxygens (including phenoxy) is 2. The number of nitrogens with two attached hydrogens (primary N) is 1. The number of unbranched alkanes of at least 4 members (excludes halogenated alkanes) is 9. The maximum absolute atomic E-state index is 11.1. The Morgan fingerprint density at radius 3 is 1.19 bits per heavy atom. The first-order valence-electron chi connectivity index (χ1n) is 22.6. The number of hydrogen-bond donors (Lipinski definition) is 1. The number of carbonyl (C=O) groups is 1. The van der Waals surface area contributed by atoms with Crippen LogP contribution in [0, 0.1) is 0 Å². The van der Waals surface area contributed by atoms with Gasteiger partial charge < -0.3 is 28.5 Å². The lowest BCUT2D eigenvalue weighted by atomic mass is 10.0. The van der Waals surface area contributed by atoms with Gasteiger partial charge in [-0.2, -0.15) is 0 Å². The third kappa shape index (κ3) is 19.1. The van der Waals surface area contributed by atoms with Gasteiger partial charge in [-0.15, -0.1) is 0 Å². The molecule has 1 amide bonds. The van der Waals surface area contributed by atoms with Gasteiger partial charge in [0.15, 0.2) is 25.0 Å². The Morgan fingerprint density at radius 1 is 0.500 bits per heavy atom. The van der Waals surface area contributed by atoms with E-state index in [1.807, 2.05) is 0 Å². The van der Waals surface area contributed by atoms with Gasteiger partial charge in [-0.25, -0.2) is 4.79 Å². The van der Waals surface area contributed by atoms with E-state index in [0.29, 0.717) is 31.0 Å². The van der Waals surface area contributed by atoms with Crippen molar-refractivity contribution < 1.29 is 27.5 Å². The first kappa shape index (κ1) is 49.8. The molecule has 7 nitrogen and oxygen atoms in total. The van der Waals surface area contributed by atoms with E-state index in [-0.39, 0.29) is 6.10 Å². The monoisotopic (exact) mass is 788 g/mol. The standard InChI is InChI=1S/C42H89NO6Si3/c1-11-37(47-50(12-2,13-3)14-4)35-40-41(46-40)36-39(49-52(18-8,19-9)20-10)32-30-28-26-24-22-21-23-25-27-29-31-38(33-34-45-42(43)44)48-51(15-5,16-6)17-7/h37-41H,11-36H2,1-10H3,(H2,43,44). The highest BCUT2D eigenvalue weighted by Gasteiger charge is 2.44. The Bertz CT molecular complexity index is 861. The fourth-order valence-electron chi connectivity index (χ4n) is 8.41. The average molecular weight is 788 g/mol. The molecule has 2 N–H and O–H groups in total. The molecule has 0 spiro atoms. The van der Waals surface area contributed by atoms with E-state index in [0.717, 1.165) is 50.2 Å². The summed E-state index contributed by atoms with van der Waals surface area (Å²) in [6.07, 6.45) is 20.1. The Kier molecular flexibility index (Phi) is 27.0. The van der Waals surface area contributed by atoms with Gasteiger partial charge in [0.2, 0.25) is 0 Å². The van der Waals surface area contributed by atoms with Crippen LogP contribution >= 0.6 is 0 Å². The molecule has 1 fully saturated rings. The van der Waals surface area contributed by atoms with E-state index < -0.39 is 31.0 Å². The highest BCUT2D eigenvalue weighted by atomic mass is 28.4. The van der Waals surface area contributed by atoms with Gasteiger partial charge in [0.1, 0.15) is 0 Å².